The smallest absolute Gasteiger partial charge is 0.309 e. The van der Waals surface area contributed by atoms with E-state index in [0.717, 1.165) is 60.7 Å². The number of hydrogen-bond acceptors (Lipinski definition) is 2. The van der Waals surface area contributed by atoms with Crippen molar-refractivity contribution < 1.29 is 9.53 Å². The minimum Gasteiger partial charge on any atom is -0.465 e. The zero-order valence-corrected chi connectivity index (χ0v) is 20.4. The van der Waals surface area contributed by atoms with Gasteiger partial charge < -0.3 is 4.74 Å². The standard InChI is InChI=1S/C15H20.C14H24O2/c1-10-11(2)14-8-13(10)9-15(14)12-6-4-3-5-7-12;1-4-5-6-16-14(15)13-8-11-7-12(13)10(3)9(11)2/h3-7,10-11,13-15H,8-9H2,1-2H3;9-13H,4-8H2,1-3H3. The average molecular weight is 425 g/mol. The van der Waals surface area contributed by atoms with E-state index in [2.05, 4.69) is 65.0 Å². The SMILES string of the molecule is CC1C2CC(c3ccccc3)C(C2)C1C.CCCCOC(=O)C1CC2CC1C(C)C2C. The van der Waals surface area contributed by atoms with Gasteiger partial charge in [0.15, 0.2) is 0 Å². The van der Waals surface area contributed by atoms with Crippen molar-refractivity contribution in [3.8, 4) is 0 Å². The van der Waals surface area contributed by atoms with Crippen LogP contribution in [0.25, 0.3) is 0 Å². The maximum absolute atomic E-state index is 11.9. The fraction of sp³-hybridized carbons (Fsp3) is 0.759. The molecular weight excluding hydrogens is 380 g/mol. The number of esters is 1. The summed E-state index contributed by atoms with van der Waals surface area (Å²) in [4.78, 5) is 11.9. The number of benzene rings is 1. The second kappa shape index (κ2) is 9.67. The van der Waals surface area contributed by atoms with E-state index in [1.807, 2.05) is 0 Å². The van der Waals surface area contributed by atoms with Gasteiger partial charge in [-0.15, -0.1) is 0 Å². The van der Waals surface area contributed by atoms with Gasteiger partial charge in [-0.3, -0.25) is 4.79 Å². The molecule has 1 aromatic carbocycles. The van der Waals surface area contributed by atoms with Crippen LogP contribution in [0.4, 0.5) is 0 Å². The van der Waals surface area contributed by atoms with E-state index in [4.69, 9.17) is 4.74 Å². The highest BCUT2D eigenvalue weighted by molar-refractivity contribution is 5.73. The van der Waals surface area contributed by atoms with E-state index >= 15 is 0 Å². The number of ether oxygens (including phenoxy) is 1. The molecule has 10 atom stereocenters. The van der Waals surface area contributed by atoms with E-state index in [9.17, 15) is 4.79 Å². The molecule has 2 heteroatoms. The molecule has 0 amide bonds. The van der Waals surface area contributed by atoms with Crippen molar-refractivity contribution in [1.29, 1.82) is 0 Å². The van der Waals surface area contributed by atoms with Crippen LogP contribution in [0.1, 0.15) is 84.6 Å². The van der Waals surface area contributed by atoms with Crippen molar-refractivity contribution in [1.82, 2.24) is 0 Å². The van der Waals surface area contributed by atoms with E-state index in [1.165, 1.54) is 19.3 Å². The first kappa shape index (κ1) is 22.9. The molecule has 4 fully saturated rings. The predicted molar refractivity (Wildman–Crippen MR) is 128 cm³/mol. The molecule has 4 aliphatic rings. The summed E-state index contributed by atoms with van der Waals surface area (Å²) in [5.74, 6) is 7.95. The zero-order chi connectivity index (χ0) is 22.1. The molecule has 4 bridgehead atoms. The number of rotatable bonds is 5. The molecule has 0 aromatic heterocycles. The Morgan fingerprint density at radius 1 is 0.839 bits per heavy atom. The van der Waals surface area contributed by atoms with Crippen molar-refractivity contribution >= 4 is 5.97 Å². The van der Waals surface area contributed by atoms with Gasteiger partial charge in [-0.05, 0) is 90.9 Å². The van der Waals surface area contributed by atoms with Gasteiger partial charge in [0.1, 0.15) is 0 Å². The summed E-state index contributed by atoms with van der Waals surface area (Å²) in [6.45, 7) is 12.3. The van der Waals surface area contributed by atoms with Crippen LogP contribution in [-0.4, -0.2) is 12.6 Å². The molecule has 31 heavy (non-hydrogen) atoms. The van der Waals surface area contributed by atoms with Gasteiger partial charge in [-0.2, -0.15) is 0 Å². The Morgan fingerprint density at radius 3 is 2.00 bits per heavy atom. The summed E-state index contributed by atoms with van der Waals surface area (Å²) in [7, 11) is 0. The molecule has 1 aromatic rings. The lowest BCUT2D eigenvalue weighted by molar-refractivity contribution is -0.151. The number of carbonyl (C=O) groups is 1. The fourth-order valence-corrected chi connectivity index (χ4v) is 7.66. The van der Waals surface area contributed by atoms with Crippen molar-refractivity contribution in [2.45, 2.75) is 79.1 Å². The Kier molecular flexibility index (Phi) is 7.14. The van der Waals surface area contributed by atoms with Gasteiger partial charge >= 0.3 is 5.97 Å². The Balaban J connectivity index is 0.000000149. The minimum atomic E-state index is 0.0831. The molecule has 10 unspecified atom stereocenters. The number of carbonyl (C=O) groups excluding carboxylic acids is 1. The molecular formula is C29H44O2. The number of unbranched alkanes of at least 4 members (excludes halogenated alkanes) is 1. The van der Waals surface area contributed by atoms with Gasteiger partial charge in [-0.25, -0.2) is 0 Å². The Hall–Kier alpha value is -1.31. The molecule has 0 radical (unpaired) electrons. The Labute approximate surface area is 190 Å². The maximum Gasteiger partial charge on any atom is 0.309 e. The zero-order valence-electron chi connectivity index (χ0n) is 20.4. The van der Waals surface area contributed by atoms with E-state index in [0.29, 0.717) is 18.4 Å². The topological polar surface area (TPSA) is 26.3 Å². The number of fused-ring (bicyclic) bond motifs is 4. The second-order valence-corrected chi connectivity index (χ2v) is 11.4. The van der Waals surface area contributed by atoms with Crippen LogP contribution in [0, 0.1) is 53.3 Å². The summed E-state index contributed by atoms with van der Waals surface area (Å²) >= 11 is 0. The quantitative estimate of drug-likeness (QED) is 0.365. The summed E-state index contributed by atoms with van der Waals surface area (Å²) in [5.41, 5.74) is 1.59. The van der Waals surface area contributed by atoms with Gasteiger partial charge in [0.25, 0.3) is 0 Å². The van der Waals surface area contributed by atoms with E-state index in [-0.39, 0.29) is 11.9 Å². The van der Waals surface area contributed by atoms with Crippen LogP contribution in [0.2, 0.25) is 0 Å². The van der Waals surface area contributed by atoms with Crippen LogP contribution in [0.3, 0.4) is 0 Å². The molecule has 0 N–H and O–H groups in total. The van der Waals surface area contributed by atoms with Crippen molar-refractivity contribution in [2.75, 3.05) is 6.61 Å². The largest absolute Gasteiger partial charge is 0.465 e. The fourth-order valence-electron chi connectivity index (χ4n) is 7.66. The van der Waals surface area contributed by atoms with Crippen molar-refractivity contribution in [3.63, 3.8) is 0 Å². The third-order valence-electron chi connectivity index (χ3n) is 10.1. The van der Waals surface area contributed by atoms with Crippen LogP contribution in [0.15, 0.2) is 30.3 Å². The summed E-state index contributed by atoms with van der Waals surface area (Å²) < 4.78 is 5.36. The number of hydrogen-bond donors (Lipinski definition) is 0. The van der Waals surface area contributed by atoms with Gasteiger partial charge in [0.05, 0.1) is 12.5 Å². The highest BCUT2D eigenvalue weighted by Gasteiger charge is 2.51. The average Bonchev–Trinajstić information content (AvgIpc) is 3.53. The molecule has 5 rings (SSSR count). The highest BCUT2D eigenvalue weighted by atomic mass is 16.5. The van der Waals surface area contributed by atoms with E-state index in [1.54, 1.807) is 5.56 Å². The predicted octanol–water partition coefficient (Wildman–Crippen LogP) is 7.34. The van der Waals surface area contributed by atoms with Gasteiger partial charge in [-0.1, -0.05) is 71.4 Å². The normalized spacial score (nSPS) is 42.4. The molecule has 0 spiro atoms. The summed E-state index contributed by atoms with van der Waals surface area (Å²) in [6.07, 6.45) is 7.37. The Morgan fingerprint density at radius 2 is 1.45 bits per heavy atom. The lowest BCUT2D eigenvalue weighted by atomic mass is 9.73. The molecule has 4 saturated carbocycles. The molecule has 0 heterocycles. The van der Waals surface area contributed by atoms with Crippen molar-refractivity contribution in [2.24, 2.45) is 53.3 Å². The first-order valence-electron chi connectivity index (χ1n) is 13.1. The van der Waals surface area contributed by atoms with Crippen LogP contribution >= 0.6 is 0 Å². The molecule has 0 saturated heterocycles. The second-order valence-electron chi connectivity index (χ2n) is 11.4. The molecule has 172 valence electrons. The van der Waals surface area contributed by atoms with Crippen molar-refractivity contribution in [3.05, 3.63) is 35.9 Å². The molecule has 2 nitrogen and oxygen atoms in total. The van der Waals surface area contributed by atoms with E-state index < -0.39 is 0 Å². The first-order chi connectivity index (χ1) is 14.9. The monoisotopic (exact) mass is 424 g/mol. The highest BCUT2D eigenvalue weighted by Crippen LogP contribution is 2.58. The Bertz CT molecular complexity index is 724. The lowest BCUT2D eigenvalue weighted by Gasteiger charge is -2.32. The summed E-state index contributed by atoms with van der Waals surface area (Å²) in [6, 6.07) is 11.2. The summed E-state index contributed by atoms with van der Waals surface area (Å²) in [5, 5.41) is 0. The maximum atomic E-state index is 11.9. The van der Waals surface area contributed by atoms with Gasteiger partial charge in [0.2, 0.25) is 0 Å². The minimum absolute atomic E-state index is 0.0831. The lowest BCUT2D eigenvalue weighted by Crippen LogP contribution is -2.31. The van der Waals surface area contributed by atoms with Gasteiger partial charge in [0, 0.05) is 0 Å². The molecule has 4 aliphatic carbocycles. The van der Waals surface area contributed by atoms with Crippen LogP contribution in [0.5, 0.6) is 0 Å². The molecule has 0 aliphatic heterocycles. The first-order valence-corrected chi connectivity index (χ1v) is 13.1. The third-order valence-corrected chi connectivity index (χ3v) is 10.1. The van der Waals surface area contributed by atoms with Crippen LogP contribution < -0.4 is 0 Å². The third kappa shape index (κ3) is 4.46. The van der Waals surface area contributed by atoms with Crippen LogP contribution in [-0.2, 0) is 9.53 Å².